The first-order chi connectivity index (χ1) is 45.1. The second kappa shape index (κ2) is 45.6. The summed E-state index contributed by atoms with van der Waals surface area (Å²) >= 11 is 0. The van der Waals surface area contributed by atoms with Crippen molar-refractivity contribution >= 4 is 47.3 Å². The zero-order valence-electron chi connectivity index (χ0n) is 55.8. The number of carbonyl (C=O) groups is 8. The van der Waals surface area contributed by atoms with E-state index in [1.165, 1.54) is 20.8 Å². The summed E-state index contributed by atoms with van der Waals surface area (Å²) in [5.41, 5.74) is -1.79. The third-order valence-electron chi connectivity index (χ3n) is 15.5. The van der Waals surface area contributed by atoms with Gasteiger partial charge in [0, 0.05) is 105 Å². The number of ether oxygens (including phenoxy) is 9. The van der Waals surface area contributed by atoms with Gasteiger partial charge >= 0.3 is 0 Å². The number of aliphatic hydroxyl groups excluding tert-OH is 9. The number of aliphatic hydroxyl groups is 9. The summed E-state index contributed by atoms with van der Waals surface area (Å²) < 4.78 is 52.4. The summed E-state index contributed by atoms with van der Waals surface area (Å²) in [7, 11) is 0. The molecule has 34 nitrogen and oxygen atoms in total. The number of hydrogen-bond donors (Lipinski definition) is 17. The zero-order chi connectivity index (χ0) is 70.5. The normalized spacial score (nSPS) is 26.7. The summed E-state index contributed by atoms with van der Waals surface area (Å²) in [6, 6.07) is -3.25. The molecule has 0 aromatic heterocycles. The molecule has 0 aromatic rings. The molecular weight excluding hydrogens is 1260 g/mol. The quantitative estimate of drug-likeness (QED) is 0.0253. The van der Waals surface area contributed by atoms with Gasteiger partial charge < -0.3 is 131 Å². The van der Waals surface area contributed by atoms with Gasteiger partial charge in [-0.25, -0.2) is 0 Å². The van der Waals surface area contributed by atoms with Crippen LogP contribution in [0.2, 0.25) is 0 Å². The molecule has 2 aliphatic heterocycles. The van der Waals surface area contributed by atoms with Gasteiger partial charge in [-0.15, -0.1) is 0 Å². The Kier molecular flexibility index (Phi) is 40.4. The number of carbonyl (C=O) groups excluding carboxylic acids is 8. The van der Waals surface area contributed by atoms with E-state index in [0.717, 1.165) is 19.3 Å². The van der Waals surface area contributed by atoms with Crippen LogP contribution in [0.25, 0.3) is 0 Å². The number of amides is 8. The van der Waals surface area contributed by atoms with E-state index in [1.807, 2.05) is 20.8 Å². The van der Waals surface area contributed by atoms with Gasteiger partial charge in [0.25, 0.3) is 0 Å². The van der Waals surface area contributed by atoms with Gasteiger partial charge in [0.15, 0.2) is 12.6 Å². The molecule has 34 heteroatoms. The van der Waals surface area contributed by atoms with Crippen molar-refractivity contribution in [1.29, 1.82) is 0 Å². The van der Waals surface area contributed by atoms with Gasteiger partial charge in [0.1, 0.15) is 60.4 Å². The Bertz CT molecular complexity index is 2080. The molecule has 2 saturated heterocycles. The Hall–Kier alpha value is -4.96. The fraction of sp³-hybridized carbons (Fsp3) is 0.869. The van der Waals surface area contributed by atoms with Crippen molar-refractivity contribution in [2.45, 2.75) is 222 Å². The highest BCUT2D eigenvalue weighted by atomic mass is 16.7. The maximum atomic E-state index is 13.9. The summed E-state index contributed by atoms with van der Waals surface area (Å²) in [6.45, 7) is 7.66. The molecule has 3 aliphatic rings. The summed E-state index contributed by atoms with van der Waals surface area (Å²) in [4.78, 5) is 102. The Morgan fingerprint density at radius 3 is 1.21 bits per heavy atom. The van der Waals surface area contributed by atoms with Crippen LogP contribution in [0.1, 0.15) is 125 Å². The largest absolute Gasteiger partial charge is 0.396 e. The van der Waals surface area contributed by atoms with Crippen molar-refractivity contribution in [3.05, 3.63) is 0 Å². The maximum Gasteiger partial charge on any atom is 0.222 e. The lowest BCUT2D eigenvalue weighted by Crippen LogP contribution is -2.64. The van der Waals surface area contributed by atoms with E-state index in [-0.39, 0.29) is 142 Å². The monoisotopic (exact) mass is 1370 g/mol. The van der Waals surface area contributed by atoms with Crippen molar-refractivity contribution in [1.82, 2.24) is 42.5 Å². The lowest BCUT2D eigenvalue weighted by atomic mass is 9.79. The first kappa shape index (κ1) is 84.3. The van der Waals surface area contributed by atoms with Gasteiger partial charge in [-0.05, 0) is 59.3 Å². The van der Waals surface area contributed by atoms with Crippen LogP contribution >= 0.6 is 0 Å². The summed E-state index contributed by atoms with van der Waals surface area (Å²) in [5.74, 6) is -4.50. The van der Waals surface area contributed by atoms with Crippen molar-refractivity contribution in [2.75, 3.05) is 112 Å². The molecule has 0 aromatic carbocycles. The van der Waals surface area contributed by atoms with Gasteiger partial charge in [0.2, 0.25) is 47.3 Å². The maximum absolute atomic E-state index is 13.9. The highest BCUT2D eigenvalue weighted by Crippen LogP contribution is 2.29. The minimum Gasteiger partial charge on any atom is -0.396 e. The van der Waals surface area contributed by atoms with Crippen LogP contribution < -0.4 is 42.5 Å². The Labute approximate surface area is 554 Å². The average Bonchev–Trinajstić information content (AvgIpc) is 0.850. The fourth-order valence-corrected chi connectivity index (χ4v) is 10.5. The second-order valence-electron chi connectivity index (χ2n) is 25.0. The van der Waals surface area contributed by atoms with Gasteiger partial charge in [0.05, 0.1) is 89.9 Å². The molecule has 8 amide bonds. The zero-order valence-corrected chi connectivity index (χ0v) is 55.8. The molecule has 6 unspecified atom stereocenters. The van der Waals surface area contributed by atoms with E-state index >= 15 is 0 Å². The van der Waals surface area contributed by atoms with Crippen molar-refractivity contribution < 1.29 is 127 Å². The van der Waals surface area contributed by atoms with Crippen molar-refractivity contribution in [3.8, 4) is 0 Å². The topological polar surface area (TPSA) is 498 Å². The van der Waals surface area contributed by atoms with E-state index in [2.05, 4.69) is 42.5 Å². The number of rotatable bonds is 47. The number of nitrogens with one attached hydrogen (secondary N) is 8. The number of unbranched alkanes of at least 4 members (excludes halogenated alkanes) is 3. The smallest absolute Gasteiger partial charge is 0.222 e. The minimum atomic E-state index is -1.56. The summed E-state index contributed by atoms with van der Waals surface area (Å²) in [6.07, 6.45) is -11.0. The van der Waals surface area contributed by atoms with Crippen LogP contribution in [0.4, 0.5) is 0 Å². The molecule has 95 heavy (non-hydrogen) atoms. The van der Waals surface area contributed by atoms with Gasteiger partial charge in [-0.3, -0.25) is 38.4 Å². The van der Waals surface area contributed by atoms with E-state index in [0.29, 0.717) is 26.0 Å². The predicted molar refractivity (Wildman–Crippen MR) is 334 cm³/mol. The molecule has 1 aliphatic carbocycles. The second-order valence-corrected chi connectivity index (χ2v) is 25.0. The lowest BCUT2D eigenvalue weighted by Gasteiger charge is -2.42. The molecule has 3 rings (SSSR count). The standard InChI is InChI=1S/C61H110N8O26/c1-37(73)66-49-41(30-40(31-70)52(81)55(49)84)90-23-11-20-63-45(77)16-27-87-34-61(69-48(80)15-14-44(76)62-19-9-7-8-10-26-93-60(4,5)6,35-88-28-17-46(78)64-21-12-24-91-58-50(67-38(2)74)56(85)53(82)42(32-71)94-58)36-89-29-18-47(79)65-22-13-25-92-59-51(68-39(3)75)57(86)54(83)43(33-72)95-59/h40-43,49-59,70-72,81-86H,7-36H2,1-6H3,(H,62,76)(H,63,77)(H,64,78)(H,65,79)(H,66,73)(H,67,74)(H,68,75)(H,69,80)/t40?,41-,42?,43?,49?,50?,51?,52+,53+,54+,55-,56-,57-,58-,59-,61?/m1/s1. The van der Waals surface area contributed by atoms with Crippen LogP contribution in [-0.4, -0.2) is 302 Å². The first-order valence-electron chi connectivity index (χ1n) is 32.8. The molecule has 0 bridgehead atoms. The van der Waals surface area contributed by atoms with Crippen LogP contribution in [0.3, 0.4) is 0 Å². The molecule has 0 spiro atoms. The van der Waals surface area contributed by atoms with Crippen LogP contribution in [0.5, 0.6) is 0 Å². The molecule has 0 radical (unpaired) electrons. The van der Waals surface area contributed by atoms with E-state index in [9.17, 15) is 84.3 Å². The predicted octanol–water partition coefficient (Wildman–Crippen LogP) is -5.60. The molecule has 2 heterocycles. The highest BCUT2D eigenvalue weighted by molar-refractivity contribution is 5.84. The molecular formula is C61H110N8O26. The van der Waals surface area contributed by atoms with E-state index < -0.39 is 158 Å². The molecule has 550 valence electrons. The molecule has 17 N–H and O–H groups in total. The van der Waals surface area contributed by atoms with Crippen LogP contribution in [0.15, 0.2) is 0 Å². The van der Waals surface area contributed by atoms with Gasteiger partial charge in [-0.1, -0.05) is 12.8 Å². The fourth-order valence-electron chi connectivity index (χ4n) is 10.5. The summed E-state index contributed by atoms with van der Waals surface area (Å²) in [5, 5.41) is 113. The lowest BCUT2D eigenvalue weighted by molar-refractivity contribution is -0.270. The third-order valence-corrected chi connectivity index (χ3v) is 15.5. The Balaban J connectivity index is 1.68. The van der Waals surface area contributed by atoms with Gasteiger partial charge in [-0.2, -0.15) is 0 Å². The third kappa shape index (κ3) is 33.0. The Morgan fingerprint density at radius 1 is 0.421 bits per heavy atom. The van der Waals surface area contributed by atoms with E-state index in [1.54, 1.807) is 0 Å². The van der Waals surface area contributed by atoms with Crippen molar-refractivity contribution in [3.63, 3.8) is 0 Å². The number of hydrogen-bond acceptors (Lipinski definition) is 26. The first-order valence-corrected chi connectivity index (χ1v) is 32.8. The van der Waals surface area contributed by atoms with Crippen molar-refractivity contribution in [2.24, 2.45) is 5.92 Å². The van der Waals surface area contributed by atoms with Crippen LogP contribution in [-0.2, 0) is 81.0 Å². The molecule has 1 saturated carbocycles. The molecule has 15 atom stereocenters. The minimum absolute atomic E-state index is 0.0373. The Morgan fingerprint density at radius 2 is 0.800 bits per heavy atom. The average molecular weight is 1370 g/mol. The van der Waals surface area contributed by atoms with E-state index in [4.69, 9.17) is 42.6 Å². The SMILES string of the molecule is CC(=O)NC1[C@H](OCCCNC(=O)CCOCC(COCCC(=O)NCCCO[C@@H]2OC(CO)[C@H](O)[C@H](O)C2NC(C)=O)(COCCC(=O)NCCCO[C@@H]2CC(CO)[C@H](O)[C@H](O)C2NC(C)=O)NC(=O)CCC(=O)NCCCCCCOC(C)(C)C)OC(CO)[C@H](O)[C@@H]1O. The van der Waals surface area contributed by atoms with Crippen LogP contribution in [0, 0.1) is 5.92 Å². The molecule has 3 fully saturated rings. The highest BCUT2D eigenvalue weighted by Gasteiger charge is 2.48.